The van der Waals surface area contributed by atoms with Crippen molar-refractivity contribution in [3.8, 4) is 5.75 Å². The Morgan fingerprint density at radius 1 is 1.47 bits per heavy atom. The summed E-state index contributed by atoms with van der Waals surface area (Å²) in [7, 11) is 3.75. The Labute approximate surface area is 91.3 Å². The molecule has 3 nitrogen and oxygen atoms in total. The Balaban J connectivity index is 2.62. The van der Waals surface area contributed by atoms with E-state index in [9.17, 15) is 5.11 Å². The molecule has 0 bridgehead atoms. The van der Waals surface area contributed by atoms with Crippen molar-refractivity contribution in [2.45, 2.75) is 13.0 Å². The quantitative estimate of drug-likeness (QED) is 0.805. The molecule has 0 aliphatic rings. The number of likely N-dealkylation sites (N-methyl/N-ethyl adjacent to an activating group) is 1. The molecule has 0 aliphatic carbocycles. The number of methoxy groups -OCH3 is 1. The number of hydrogen-bond acceptors (Lipinski definition) is 3. The van der Waals surface area contributed by atoms with Gasteiger partial charge < -0.3 is 9.84 Å². The zero-order valence-corrected chi connectivity index (χ0v) is 9.60. The van der Waals surface area contributed by atoms with Crippen LogP contribution in [0.2, 0.25) is 0 Å². The van der Waals surface area contributed by atoms with E-state index in [0.29, 0.717) is 5.75 Å². The number of phenolic OH excluding ortho intramolecular Hbond substituents is 1. The SMILES string of the molecule is COCCN(C)[C@@H](C)c1cccc(O)c1. The first-order chi connectivity index (χ1) is 7.15. The van der Waals surface area contributed by atoms with E-state index in [1.54, 1.807) is 19.2 Å². The second kappa shape index (κ2) is 5.73. The van der Waals surface area contributed by atoms with Crippen molar-refractivity contribution in [1.29, 1.82) is 0 Å². The van der Waals surface area contributed by atoms with Gasteiger partial charge in [0.15, 0.2) is 0 Å². The Morgan fingerprint density at radius 2 is 2.20 bits per heavy atom. The fourth-order valence-corrected chi connectivity index (χ4v) is 1.47. The summed E-state index contributed by atoms with van der Waals surface area (Å²) in [6, 6.07) is 7.66. The van der Waals surface area contributed by atoms with Crippen LogP contribution in [-0.2, 0) is 4.74 Å². The maximum atomic E-state index is 9.38. The molecular formula is C12H19NO2. The molecule has 1 aromatic carbocycles. The van der Waals surface area contributed by atoms with Crippen molar-refractivity contribution < 1.29 is 9.84 Å². The normalized spacial score (nSPS) is 13.1. The molecule has 1 rings (SSSR count). The summed E-state index contributed by atoms with van der Waals surface area (Å²) in [5, 5.41) is 9.38. The van der Waals surface area contributed by atoms with Crippen molar-refractivity contribution in [2.75, 3.05) is 27.3 Å². The van der Waals surface area contributed by atoms with Crippen LogP contribution >= 0.6 is 0 Å². The number of benzene rings is 1. The zero-order chi connectivity index (χ0) is 11.3. The lowest BCUT2D eigenvalue weighted by atomic mass is 10.1. The molecule has 0 fully saturated rings. The highest BCUT2D eigenvalue weighted by Crippen LogP contribution is 2.21. The molecule has 0 radical (unpaired) electrons. The van der Waals surface area contributed by atoms with Gasteiger partial charge in [0.25, 0.3) is 0 Å². The molecule has 0 heterocycles. The molecule has 0 aromatic heterocycles. The van der Waals surface area contributed by atoms with E-state index in [0.717, 1.165) is 18.7 Å². The topological polar surface area (TPSA) is 32.7 Å². The first-order valence-corrected chi connectivity index (χ1v) is 5.13. The number of ether oxygens (including phenoxy) is 1. The summed E-state index contributed by atoms with van der Waals surface area (Å²) in [6.45, 7) is 3.72. The maximum Gasteiger partial charge on any atom is 0.115 e. The smallest absolute Gasteiger partial charge is 0.115 e. The Kier molecular flexibility index (Phi) is 4.59. The summed E-state index contributed by atoms with van der Waals surface area (Å²) in [4.78, 5) is 2.19. The van der Waals surface area contributed by atoms with Gasteiger partial charge in [-0.2, -0.15) is 0 Å². The maximum absolute atomic E-state index is 9.38. The molecule has 1 atom stereocenters. The summed E-state index contributed by atoms with van der Waals surface area (Å²) in [6.07, 6.45) is 0. The summed E-state index contributed by atoms with van der Waals surface area (Å²) < 4.78 is 5.03. The standard InChI is InChI=1S/C12H19NO2/c1-10(13(2)7-8-15-3)11-5-4-6-12(14)9-11/h4-6,9-10,14H,7-8H2,1-3H3/t10-/m0/s1. The van der Waals surface area contributed by atoms with E-state index < -0.39 is 0 Å². The molecule has 1 aromatic rings. The van der Waals surface area contributed by atoms with Gasteiger partial charge in [-0.1, -0.05) is 12.1 Å². The lowest BCUT2D eigenvalue weighted by molar-refractivity contribution is 0.143. The molecule has 0 spiro atoms. The van der Waals surface area contributed by atoms with E-state index in [4.69, 9.17) is 4.74 Å². The highest BCUT2D eigenvalue weighted by atomic mass is 16.5. The number of hydrogen-bond donors (Lipinski definition) is 1. The van der Waals surface area contributed by atoms with Gasteiger partial charge in [-0.25, -0.2) is 0 Å². The van der Waals surface area contributed by atoms with Crippen LogP contribution in [0, 0.1) is 0 Å². The van der Waals surface area contributed by atoms with Crippen LogP contribution in [-0.4, -0.2) is 37.3 Å². The van der Waals surface area contributed by atoms with Crippen molar-refractivity contribution >= 4 is 0 Å². The van der Waals surface area contributed by atoms with Crippen LogP contribution in [0.15, 0.2) is 24.3 Å². The van der Waals surface area contributed by atoms with Gasteiger partial charge in [0.1, 0.15) is 5.75 Å². The summed E-state index contributed by atoms with van der Waals surface area (Å²) in [5.74, 6) is 0.319. The molecule has 0 aliphatic heterocycles. The molecule has 84 valence electrons. The Morgan fingerprint density at radius 3 is 2.80 bits per heavy atom. The van der Waals surface area contributed by atoms with E-state index in [-0.39, 0.29) is 6.04 Å². The van der Waals surface area contributed by atoms with Crippen molar-refractivity contribution in [3.63, 3.8) is 0 Å². The minimum Gasteiger partial charge on any atom is -0.508 e. The molecule has 1 N–H and O–H groups in total. The minimum atomic E-state index is 0.284. The molecule has 0 unspecified atom stereocenters. The van der Waals surface area contributed by atoms with Gasteiger partial charge in [0.2, 0.25) is 0 Å². The lowest BCUT2D eigenvalue weighted by Gasteiger charge is -2.24. The second-order valence-corrected chi connectivity index (χ2v) is 3.74. The first-order valence-electron chi connectivity index (χ1n) is 5.13. The number of nitrogens with zero attached hydrogens (tertiary/aromatic N) is 1. The number of phenols is 1. The Bertz CT molecular complexity index is 301. The average molecular weight is 209 g/mol. The van der Waals surface area contributed by atoms with E-state index >= 15 is 0 Å². The number of aromatic hydroxyl groups is 1. The first kappa shape index (κ1) is 12.0. The third kappa shape index (κ3) is 3.53. The van der Waals surface area contributed by atoms with Gasteiger partial charge in [-0.05, 0) is 31.7 Å². The predicted molar refractivity (Wildman–Crippen MR) is 61.0 cm³/mol. The summed E-state index contributed by atoms with van der Waals surface area (Å²) in [5.41, 5.74) is 1.12. The van der Waals surface area contributed by atoms with E-state index in [1.165, 1.54) is 0 Å². The molecule has 15 heavy (non-hydrogen) atoms. The monoisotopic (exact) mass is 209 g/mol. The van der Waals surface area contributed by atoms with Crippen molar-refractivity contribution in [1.82, 2.24) is 4.90 Å². The Hall–Kier alpha value is -1.06. The summed E-state index contributed by atoms with van der Waals surface area (Å²) >= 11 is 0. The predicted octanol–water partition coefficient (Wildman–Crippen LogP) is 2.03. The van der Waals surface area contributed by atoms with Crippen LogP contribution in [0.25, 0.3) is 0 Å². The van der Waals surface area contributed by atoms with Crippen molar-refractivity contribution in [3.05, 3.63) is 29.8 Å². The van der Waals surface area contributed by atoms with E-state index in [2.05, 4.69) is 11.8 Å². The highest BCUT2D eigenvalue weighted by molar-refractivity contribution is 5.29. The molecule has 0 saturated carbocycles. The van der Waals surface area contributed by atoms with Crippen LogP contribution < -0.4 is 0 Å². The van der Waals surface area contributed by atoms with Crippen LogP contribution in [0.1, 0.15) is 18.5 Å². The van der Waals surface area contributed by atoms with Gasteiger partial charge in [-0.15, -0.1) is 0 Å². The molecule has 0 amide bonds. The minimum absolute atomic E-state index is 0.284. The molecule has 3 heteroatoms. The van der Waals surface area contributed by atoms with Gasteiger partial charge in [0.05, 0.1) is 6.61 Å². The molecule has 0 saturated heterocycles. The van der Waals surface area contributed by atoms with Crippen LogP contribution in [0.5, 0.6) is 5.75 Å². The third-order valence-corrected chi connectivity index (χ3v) is 2.66. The molecular weight excluding hydrogens is 190 g/mol. The lowest BCUT2D eigenvalue weighted by Crippen LogP contribution is -2.26. The van der Waals surface area contributed by atoms with Gasteiger partial charge >= 0.3 is 0 Å². The van der Waals surface area contributed by atoms with Crippen molar-refractivity contribution in [2.24, 2.45) is 0 Å². The zero-order valence-electron chi connectivity index (χ0n) is 9.60. The fourth-order valence-electron chi connectivity index (χ4n) is 1.47. The van der Waals surface area contributed by atoms with Gasteiger partial charge in [-0.3, -0.25) is 4.90 Å². The fraction of sp³-hybridized carbons (Fsp3) is 0.500. The van der Waals surface area contributed by atoms with E-state index in [1.807, 2.05) is 19.2 Å². The van der Waals surface area contributed by atoms with Crippen LogP contribution in [0.3, 0.4) is 0 Å². The number of rotatable bonds is 5. The van der Waals surface area contributed by atoms with Crippen LogP contribution in [0.4, 0.5) is 0 Å². The largest absolute Gasteiger partial charge is 0.508 e. The highest BCUT2D eigenvalue weighted by Gasteiger charge is 2.11. The third-order valence-electron chi connectivity index (χ3n) is 2.66. The second-order valence-electron chi connectivity index (χ2n) is 3.74. The van der Waals surface area contributed by atoms with Gasteiger partial charge in [0, 0.05) is 19.7 Å². The average Bonchev–Trinajstić information content (AvgIpc) is 2.24.